The van der Waals surface area contributed by atoms with Gasteiger partial charge in [0.25, 0.3) is 0 Å². The number of ketones is 1. The molecule has 0 N–H and O–H groups in total. The van der Waals surface area contributed by atoms with Gasteiger partial charge < -0.3 is 9.47 Å². The molecule has 0 aromatic heterocycles. The van der Waals surface area contributed by atoms with Crippen molar-refractivity contribution in [2.45, 2.75) is 51.4 Å². The highest BCUT2D eigenvalue weighted by Crippen LogP contribution is 2.23. The Bertz CT molecular complexity index is 549. The summed E-state index contributed by atoms with van der Waals surface area (Å²) in [6, 6.07) is 9.57. The van der Waals surface area contributed by atoms with Gasteiger partial charge in [0.15, 0.2) is 5.78 Å². The van der Waals surface area contributed by atoms with Gasteiger partial charge in [0.2, 0.25) is 0 Å². The Balaban J connectivity index is 1.89. The highest BCUT2D eigenvalue weighted by Gasteiger charge is 2.39. The fourth-order valence-electron chi connectivity index (χ4n) is 2.34. The molecular weight excluding hydrogens is 280 g/mol. The van der Waals surface area contributed by atoms with Crippen molar-refractivity contribution in [3.8, 4) is 0 Å². The molecule has 4 atom stereocenters. The van der Waals surface area contributed by atoms with Crippen LogP contribution >= 0.6 is 0 Å². The molecule has 4 nitrogen and oxygen atoms in total. The number of esters is 1. The molecule has 0 saturated carbocycles. The molecule has 0 radical (unpaired) electrons. The van der Waals surface area contributed by atoms with Crippen LogP contribution in [-0.4, -0.2) is 30.1 Å². The van der Waals surface area contributed by atoms with Gasteiger partial charge in [-0.25, -0.2) is 0 Å². The minimum absolute atomic E-state index is 0.00226. The van der Waals surface area contributed by atoms with Crippen molar-refractivity contribution < 1.29 is 19.1 Å². The monoisotopic (exact) mass is 302 g/mol. The second-order valence-electron chi connectivity index (χ2n) is 5.54. The quantitative estimate of drug-likeness (QED) is 0.441. The first kappa shape index (κ1) is 16.4. The van der Waals surface area contributed by atoms with Gasteiger partial charge in [0.05, 0.1) is 12.0 Å². The van der Waals surface area contributed by atoms with E-state index in [1.54, 1.807) is 13.0 Å². The third-order valence-electron chi connectivity index (χ3n) is 3.72. The highest BCUT2D eigenvalue weighted by atomic mass is 16.6. The molecule has 0 bridgehead atoms. The number of hydrogen-bond donors (Lipinski definition) is 0. The smallest absolute Gasteiger partial charge is 0.313 e. The average Bonchev–Trinajstić information content (AvgIpc) is 3.24. The van der Waals surface area contributed by atoms with Gasteiger partial charge in [0, 0.05) is 0 Å². The van der Waals surface area contributed by atoms with Crippen LogP contribution in [0.3, 0.4) is 0 Å². The van der Waals surface area contributed by atoms with E-state index in [-0.39, 0.29) is 29.9 Å². The molecule has 0 aliphatic carbocycles. The molecule has 0 unspecified atom stereocenters. The number of ether oxygens (including phenoxy) is 2. The van der Waals surface area contributed by atoms with Gasteiger partial charge in [-0.3, -0.25) is 9.59 Å². The number of epoxide rings is 1. The molecule has 1 aliphatic rings. The fourth-order valence-corrected chi connectivity index (χ4v) is 2.34. The van der Waals surface area contributed by atoms with Crippen molar-refractivity contribution in [3.63, 3.8) is 0 Å². The van der Waals surface area contributed by atoms with E-state index >= 15 is 0 Å². The molecule has 1 aromatic carbocycles. The number of rotatable bonds is 7. The number of benzene rings is 1. The van der Waals surface area contributed by atoms with E-state index in [1.165, 1.54) is 6.08 Å². The summed E-state index contributed by atoms with van der Waals surface area (Å²) in [7, 11) is 0. The van der Waals surface area contributed by atoms with Crippen LogP contribution in [0.15, 0.2) is 42.5 Å². The summed E-state index contributed by atoms with van der Waals surface area (Å²) in [6.07, 6.45) is 2.95. The summed E-state index contributed by atoms with van der Waals surface area (Å²) in [5, 5.41) is 0. The molecule has 1 aromatic rings. The molecular formula is C18H22O4. The summed E-state index contributed by atoms with van der Waals surface area (Å²) >= 11 is 0. The van der Waals surface area contributed by atoms with Crippen molar-refractivity contribution in [2.75, 3.05) is 0 Å². The predicted octanol–water partition coefficient (Wildman–Crippen LogP) is 3.02. The van der Waals surface area contributed by atoms with Crippen LogP contribution in [0.5, 0.6) is 0 Å². The van der Waals surface area contributed by atoms with Gasteiger partial charge >= 0.3 is 5.97 Å². The number of carbonyl (C=O) groups excluding carboxylic acids is 2. The van der Waals surface area contributed by atoms with Crippen LogP contribution in [0, 0.1) is 0 Å². The lowest BCUT2D eigenvalue weighted by molar-refractivity contribution is -0.148. The molecule has 1 fully saturated rings. The first-order chi connectivity index (χ1) is 10.5. The molecule has 22 heavy (non-hydrogen) atoms. The highest BCUT2D eigenvalue weighted by molar-refractivity contribution is 5.95. The van der Waals surface area contributed by atoms with Gasteiger partial charge in [-0.05, 0) is 38.0 Å². The Morgan fingerprint density at radius 2 is 1.95 bits per heavy atom. The van der Waals surface area contributed by atoms with E-state index in [2.05, 4.69) is 0 Å². The maximum absolute atomic E-state index is 12.3. The Morgan fingerprint density at radius 1 is 1.32 bits per heavy atom. The molecule has 0 spiro atoms. The van der Waals surface area contributed by atoms with Gasteiger partial charge in [0.1, 0.15) is 12.2 Å². The molecule has 2 rings (SSSR count). The first-order valence-electron chi connectivity index (χ1n) is 7.65. The maximum atomic E-state index is 12.3. The van der Waals surface area contributed by atoms with E-state index < -0.39 is 6.10 Å². The fraction of sp³-hybridized carbons (Fsp3) is 0.444. The Morgan fingerprint density at radius 3 is 2.50 bits per heavy atom. The molecule has 4 heteroatoms. The lowest BCUT2D eigenvalue weighted by Gasteiger charge is -2.17. The van der Waals surface area contributed by atoms with Crippen LogP contribution in [0.4, 0.5) is 0 Å². The third-order valence-corrected chi connectivity index (χ3v) is 3.72. The minimum atomic E-state index is -0.441. The van der Waals surface area contributed by atoms with Crippen LogP contribution < -0.4 is 0 Å². The zero-order valence-corrected chi connectivity index (χ0v) is 13.2. The van der Waals surface area contributed by atoms with E-state index in [1.807, 2.05) is 44.2 Å². The normalized spacial score (nSPS) is 23.0. The standard InChI is InChI=1S/C18H22O4/c1-4-15(14-8-6-5-7-9-14)18(20)21-12(2)10-11-16(19)17-13(3)22-17/h5-13,15,17H,4H2,1-3H3/b11-10+/t12-,13-,15+,17+/m0/s1. The Kier molecular flexibility index (Phi) is 5.50. The van der Waals surface area contributed by atoms with Crippen molar-refractivity contribution in [1.29, 1.82) is 0 Å². The minimum Gasteiger partial charge on any atom is -0.458 e. The summed E-state index contributed by atoms with van der Waals surface area (Å²) in [5.41, 5.74) is 0.947. The topological polar surface area (TPSA) is 55.9 Å². The zero-order chi connectivity index (χ0) is 16.1. The molecule has 118 valence electrons. The van der Waals surface area contributed by atoms with E-state index in [4.69, 9.17) is 9.47 Å². The lowest BCUT2D eigenvalue weighted by atomic mass is 9.97. The Hall–Kier alpha value is -1.94. The van der Waals surface area contributed by atoms with Crippen LogP contribution in [0.25, 0.3) is 0 Å². The zero-order valence-electron chi connectivity index (χ0n) is 13.2. The third kappa shape index (κ3) is 4.28. The number of carbonyl (C=O) groups is 2. The molecule has 1 aliphatic heterocycles. The molecule has 1 saturated heterocycles. The van der Waals surface area contributed by atoms with E-state index in [0.29, 0.717) is 6.42 Å². The largest absolute Gasteiger partial charge is 0.458 e. The van der Waals surface area contributed by atoms with Gasteiger partial charge in [-0.1, -0.05) is 37.3 Å². The second kappa shape index (κ2) is 7.36. The van der Waals surface area contributed by atoms with Crippen LogP contribution in [0.1, 0.15) is 38.7 Å². The van der Waals surface area contributed by atoms with Crippen molar-refractivity contribution >= 4 is 11.8 Å². The Labute approximate surface area is 131 Å². The molecule has 0 amide bonds. The summed E-state index contributed by atoms with van der Waals surface area (Å²) in [6.45, 7) is 5.55. The van der Waals surface area contributed by atoms with E-state index in [0.717, 1.165) is 5.56 Å². The summed E-state index contributed by atoms with van der Waals surface area (Å²) in [4.78, 5) is 23.9. The van der Waals surface area contributed by atoms with Crippen molar-refractivity contribution in [3.05, 3.63) is 48.0 Å². The van der Waals surface area contributed by atoms with Crippen LogP contribution in [-0.2, 0) is 19.1 Å². The first-order valence-corrected chi connectivity index (χ1v) is 7.65. The maximum Gasteiger partial charge on any atom is 0.313 e. The SMILES string of the molecule is CC[C@@H](C(=O)O[C@@H](C)/C=C/C(=O)[C@@H]1O[C@H]1C)c1ccccc1. The average molecular weight is 302 g/mol. The lowest BCUT2D eigenvalue weighted by Crippen LogP contribution is -2.20. The summed E-state index contributed by atoms with van der Waals surface area (Å²) < 4.78 is 10.5. The predicted molar refractivity (Wildman–Crippen MR) is 83.5 cm³/mol. The van der Waals surface area contributed by atoms with Crippen molar-refractivity contribution in [1.82, 2.24) is 0 Å². The second-order valence-corrected chi connectivity index (χ2v) is 5.54. The van der Waals surface area contributed by atoms with Gasteiger partial charge in [-0.2, -0.15) is 0 Å². The van der Waals surface area contributed by atoms with Gasteiger partial charge in [-0.15, -0.1) is 0 Å². The molecule has 1 heterocycles. The van der Waals surface area contributed by atoms with Crippen molar-refractivity contribution in [2.24, 2.45) is 0 Å². The summed E-state index contributed by atoms with van der Waals surface area (Å²) in [5.74, 6) is -0.626. The van der Waals surface area contributed by atoms with Crippen LogP contribution in [0.2, 0.25) is 0 Å². The van der Waals surface area contributed by atoms with E-state index in [9.17, 15) is 9.59 Å². The number of hydrogen-bond acceptors (Lipinski definition) is 4.